The van der Waals surface area contributed by atoms with Crippen molar-refractivity contribution in [3.8, 4) is 0 Å². The fourth-order valence-corrected chi connectivity index (χ4v) is 2.36. The molecule has 5 heteroatoms. The molecule has 5 nitrogen and oxygen atoms in total. The van der Waals surface area contributed by atoms with Gasteiger partial charge in [-0.05, 0) is 26.3 Å². The number of hydrogen-bond donors (Lipinski definition) is 2. The predicted octanol–water partition coefficient (Wildman–Crippen LogP) is 0.523. The fraction of sp³-hybridized carbons (Fsp3) is 0.667. The van der Waals surface area contributed by atoms with E-state index in [1.807, 2.05) is 25.0 Å². The summed E-state index contributed by atoms with van der Waals surface area (Å²) in [6, 6.07) is 0.150. The first-order valence-corrected chi connectivity index (χ1v) is 6.17. The zero-order valence-corrected chi connectivity index (χ0v) is 10.5. The lowest BCUT2D eigenvalue weighted by Gasteiger charge is -2.23. The molecule has 0 aliphatic heterocycles. The molecule has 2 N–H and O–H groups in total. The quantitative estimate of drug-likeness (QED) is 0.801. The predicted molar refractivity (Wildman–Crippen MR) is 65.6 cm³/mol. The van der Waals surface area contributed by atoms with Crippen LogP contribution in [0.3, 0.4) is 0 Å². The van der Waals surface area contributed by atoms with Crippen molar-refractivity contribution in [1.82, 2.24) is 20.4 Å². The second-order valence-corrected chi connectivity index (χ2v) is 4.54. The second kappa shape index (κ2) is 5.31. The molecule has 0 saturated heterocycles. The van der Waals surface area contributed by atoms with E-state index in [-0.39, 0.29) is 11.9 Å². The first-order valence-electron chi connectivity index (χ1n) is 6.17. The number of hydrogen-bond acceptors (Lipinski definition) is 3. The summed E-state index contributed by atoms with van der Waals surface area (Å²) in [6.45, 7) is 0.721. The molecule has 0 aromatic carbocycles. The maximum Gasteiger partial charge on any atom is 0.221 e. The van der Waals surface area contributed by atoms with E-state index >= 15 is 0 Å². The molecule has 1 atom stereocenters. The maximum absolute atomic E-state index is 11.7. The Hall–Kier alpha value is -1.36. The van der Waals surface area contributed by atoms with Gasteiger partial charge in [0.15, 0.2) is 0 Å². The Labute approximate surface area is 102 Å². The fourth-order valence-electron chi connectivity index (χ4n) is 2.36. The summed E-state index contributed by atoms with van der Waals surface area (Å²) in [7, 11) is 3.82. The number of fused-ring (bicyclic) bond motifs is 1. The Morgan fingerprint density at radius 2 is 2.47 bits per heavy atom. The van der Waals surface area contributed by atoms with Gasteiger partial charge < -0.3 is 10.6 Å². The zero-order valence-electron chi connectivity index (χ0n) is 10.5. The molecular weight excluding hydrogens is 216 g/mol. The van der Waals surface area contributed by atoms with Crippen molar-refractivity contribution >= 4 is 5.91 Å². The minimum Gasteiger partial charge on any atom is -0.349 e. The van der Waals surface area contributed by atoms with Gasteiger partial charge in [0.2, 0.25) is 5.91 Å². The monoisotopic (exact) mass is 236 g/mol. The minimum atomic E-state index is 0.112. The molecule has 94 valence electrons. The van der Waals surface area contributed by atoms with Crippen LogP contribution < -0.4 is 10.6 Å². The molecular formula is C12H20N4O. The topological polar surface area (TPSA) is 59.0 Å². The molecule has 0 spiro atoms. The number of aromatic nitrogens is 2. The van der Waals surface area contributed by atoms with Gasteiger partial charge in [-0.1, -0.05) is 0 Å². The molecule has 1 aliphatic carbocycles. The number of amides is 1. The zero-order chi connectivity index (χ0) is 12.3. The van der Waals surface area contributed by atoms with Crippen LogP contribution in [0.1, 0.15) is 36.6 Å². The Bertz CT molecular complexity index is 399. The summed E-state index contributed by atoms with van der Waals surface area (Å²) < 4.78 is 1.92. The first kappa shape index (κ1) is 12.1. The third-order valence-corrected chi connectivity index (χ3v) is 3.31. The van der Waals surface area contributed by atoms with Gasteiger partial charge in [0.1, 0.15) is 0 Å². The summed E-state index contributed by atoms with van der Waals surface area (Å²) in [5.74, 6) is 0.112. The third kappa shape index (κ3) is 2.66. The summed E-state index contributed by atoms with van der Waals surface area (Å²) in [5.41, 5.74) is 2.45. The third-order valence-electron chi connectivity index (χ3n) is 3.31. The molecule has 1 unspecified atom stereocenters. The Kier molecular flexibility index (Phi) is 3.78. The van der Waals surface area contributed by atoms with Gasteiger partial charge in [-0.15, -0.1) is 0 Å². The average molecular weight is 236 g/mol. The van der Waals surface area contributed by atoms with E-state index in [0.717, 1.165) is 25.8 Å². The van der Waals surface area contributed by atoms with Gasteiger partial charge in [-0.2, -0.15) is 5.10 Å². The highest BCUT2D eigenvalue weighted by Gasteiger charge is 2.24. The second-order valence-electron chi connectivity index (χ2n) is 4.54. The number of aryl methyl sites for hydroxylation is 1. The number of rotatable bonds is 4. The molecule has 1 heterocycles. The normalized spacial score (nSPS) is 18.8. The Morgan fingerprint density at radius 3 is 3.24 bits per heavy atom. The van der Waals surface area contributed by atoms with Crippen LogP contribution in [0.5, 0.6) is 0 Å². The molecule has 2 rings (SSSR count). The average Bonchev–Trinajstić information content (AvgIpc) is 2.70. The highest BCUT2D eigenvalue weighted by atomic mass is 16.1. The first-order chi connectivity index (χ1) is 8.22. The van der Waals surface area contributed by atoms with Crippen LogP contribution in [-0.2, 0) is 18.3 Å². The van der Waals surface area contributed by atoms with Crippen LogP contribution in [-0.4, -0.2) is 29.3 Å². The minimum absolute atomic E-state index is 0.112. The van der Waals surface area contributed by atoms with E-state index in [4.69, 9.17) is 0 Å². The van der Waals surface area contributed by atoms with Crippen LogP contribution in [0, 0.1) is 0 Å². The van der Waals surface area contributed by atoms with E-state index in [1.165, 1.54) is 11.3 Å². The number of nitrogens with one attached hydrogen (secondary N) is 2. The van der Waals surface area contributed by atoms with Crippen LogP contribution in [0.4, 0.5) is 0 Å². The van der Waals surface area contributed by atoms with E-state index in [9.17, 15) is 4.79 Å². The highest BCUT2D eigenvalue weighted by Crippen LogP contribution is 2.28. The standard InChI is InChI=1S/C12H20N4O/c1-13-7-6-12(17)15-10-4-3-5-11-9(10)8-14-16(11)2/h8,10,13H,3-7H2,1-2H3,(H,15,17). The van der Waals surface area contributed by atoms with E-state index < -0.39 is 0 Å². The molecule has 17 heavy (non-hydrogen) atoms. The Balaban J connectivity index is 2.01. The maximum atomic E-state index is 11.7. The Morgan fingerprint density at radius 1 is 1.65 bits per heavy atom. The van der Waals surface area contributed by atoms with Crippen molar-refractivity contribution in [1.29, 1.82) is 0 Å². The number of carbonyl (C=O) groups is 1. The van der Waals surface area contributed by atoms with Crippen LogP contribution in [0.25, 0.3) is 0 Å². The van der Waals surface area contributed by atoms with Crippen LogP contribution >= 0.6 is 0 Å². The number of nitrogens with zero attached hydrogens (tertiary/aromatic N) is 2. The van der Waals surface area contributed by atoms with Gasteiger partial charge in [0.25, 0.3) is 0 Å². The van der Waals surface area contributed by atoms with E-state index in [0.29, 0.717) is 6.42 Å². The van der Waals surface area contributed by atoms with Crippen LogP contribution in [0.2, 0.25) is 0 Å². The number of carbonyl (C=O) groups excluding carboxylic acids is 1. The molecule has 0 bridgehead atoms. The van der Waals surface area contributed by atoms with Crippen molar-refractivity contribution in [2.45, 2.75) is 31.7 Å². The lowest BCUT2D eigenvalue weighted by atomic mass is 9.93. The molecule has 0 radical (unpaired) electrons. The van der Waals surface area contributed by atoms with Crippen molar-refractivity contribution in [2.24, 2.45) is 7.05 Å². The summed E-state index contributed by atoms with van der Waals surface area (Å²) >= 11 is 0. The summed E-state index contributed by atoms with van der Waals surface area (Å²) in [4.78, 5) is 11.7. The smallest absolute Gasteiger partial charge is 0.221 e. The van der Waals surface area contributed by atoms with Gasteiger partial charge in [0.05, 0.1) is 12.2 Å². The molecule has 1 aromatic rings. The lowest BCUT2D eigenvalue weighted by Crippen LogP contribution is -2.32. The van der Waals surface area contributed by atoms with Crippen molar-refractivity contribution in [3.05, 3.63) is 17.5 Å². The summed E-state index contributed by atoms with van der Waals surface area (Å²) in [5, 5.41) is 10.3. The lowest BCUT2D eigenvalue weighted by molar-refractivity contribution is -0.121. The van der Waals surface area contributed by atoms with Crippen molar-refractivity contribution in [3.63, 3.8) is 0 Å². The van der Waals surface area contributed by atoms with Gasteiger partial charge >= 0.3 is 0 Å². The van der Waals surface area contributed by atoms with Crippen molar-refractivity contribution < 1.29 is 4.79 Å². The molecule has 1 aliphatic rings. The summed E-state index contributed by atoms with van der Waals surface area (Å²) in [6.07, 6.45) is 5.61. The molecule has 0 fully saturated rings. The van der Waals surface area contributed by atoms with Gasteiger partial charge in [-0.25, -0.2) is 0 Å². The van der Waals surface area contributed by atoms with Gasteiger partial charge in [-0.3, -0.25) is 9.48 Å². The highest BCUT2D eigenvalue weighted by molar-refractivity contribution is 5.76. The molecule has 1 amide bonds. The molecule has 1 aromatic heterocycles. The van der Waals surface area contributed by atoms with Gasteiger partial charge in [0, 0.05) is 31.3 Å². The van der Waals surface area contributed by atoms with Crippen molar-refractivity contribution in [2.75, 3.05) is 13.6 Å². The van der Waals surface area contributed by atoms with E-state index in [1.54, 1.807) is 0 Å². The molecule has 0 saturated carbocycles. The SMILES string of the molecule is CNCCC(=O)NC1CCCc2c1cnn2C. The largest absolute Gasteiger partial charge is 0.349 e. The van der Waals surface area contributed by atoms with E-state index in [2.05, 4.69) is 15.7 Å². The van der Waals surface area contributed by atoms with Crippen LogP contribution in [0.15, 0.2) is 6.20 Å².